The van der Waals surface area contributed by atoms with E-state index in [0.29, 0.717) is 15.4 Å². The first-order valence-electron chi connectivity index (χ1n) is 8.72. The van der Waals surface area contributed by atoms with Crippen molar-refractivity contribution >= 4 is 46.1 Å². The van der Waals surface area contributed by atoms with E-state index >= 15 is 0 Å². The summed E-state index contributed by atoms with van der Waals surface area (Å²) in [6.07, 6.45) is -0.520. The van der Waals surface area contributed by atoms with Crippen LogP contribution in [0.15, 0.2) is 18.2 Å². The molecule has 2 rings (SSSR count). The van der Waals surface area contributed by atoms with E-state index in [9.17, 15) is 9.59 Å². The molecule has 27 heavy (non-hydrogen) atoms. The number of amides is 2. The minimum atomic E-state index is -0.589. The first-order valence-corrected chi connectivity index (χ1v) is 9.48. The fourth-order valence-corrected chi connectivity index (χ4v) is 2.95. The third-order valence-electron chi connectivity index (χ3n) is 3.91. The highest BCUT2D eigenvalue weighted by Gasteiger charge is 2.23. The molecule has 0 spiro atoms. The number of aromatic nitrogens is 1. The Labute approximate surface area is 168 Å². The van der Waals surface area contributed by atoms with Crippen LogP contribution in [0.1, 0.15) is 45.1 Å². The SMILES string of the molecule is CC(C)[C@H](CNC(=O)c1[nH]c2ccc(Cl)cc2c1Cl)NC(=O)OC(C)(C)C. The van der Waals surface area contributed by atoms with Gasteiger partial charge in [-0.15, -0.1) is 0 Å². The van der Waals surface area contributed by atoms with Crippen LogP contribution in [0.25, 0.3) is 10.9 Å². The van der Waals surface area contributed by atoms with Crippen molar-refractivity contribution in [1.29, 1.82) is 0 Å². The Hall–Kier alpha value is -1.92. The molecular weight excluding hydrogens is 389 g/mol. The number of fused-ring (bicyclic) bond motifs is 1. The molecule has 0 radical (unpaired) electrons. The average molecular weight is 414 g/mol. The number of hydrogen-bond acceptors (Lipinski definition) is 3. The maximum absolute atomic E-state index is 12.6. The van der Waals surface area contributed by atoms with E-state index in [0.717, 1.165) is 5.52 Å². The van der Waals surface area contributed by atoms with Gasteiger partial charge in [-0.1, -0.05) is 37.0 Å². The van der Waals surface area contributed by atoms with Crippen molar-refractivity contribution in [3.8, 4) is 0 Å². The van der Waals surface area contributed by atoms with Gasteiger partial charge in [-0.3, -0.25) is 4.79 Å². The minimum Gasteiger partial charge on any atom is -0.444 e. The smallest absolute Gasteiger partial charge is 0.407 e. The summed E-state index contributed by atoms with van der Waals surface area (Å²) in [5, 5.41) is 7.13. The standard InChI is InChI=1S/C19H25Cl2N3O3/c1-10(2)14(24-18(26)27-19(3,4)5)9-22-17(25)16-15(21)12-8-11(20)6-7-13(12)23-16/h6-8,10,14,23H,9H2,1-5H3,(H,22,25)(H,24,26)/t14-/m0/s1. The Bertz CT molecular complexity index is 841. The van der Waals surface area contributed by atoms with Crippen LogP contribution in [0, 0.1) is 5.92 Å². The fourth-order valence-electron chi connectivity index (χ4n) is 2.49. The average Bonchev–Trinajstić information content (AvgIpc) is 2.86. The molecule has 0 saturated carbocycles. The molecule has 1 aromatic heterocycles. The second-order valence-corrected chi connectivity index (χ2v) is 8.53. The maximum atomic E-state index is 12.6. The lowest BCUT2D eigenvalue weighted by Crippen LogP contribution is -2.48. The van der Waals surface area contributed by atoms with Crippen molar-refractivity contribution in [2.45, 2.75) is 46.3 Å². The molecule has 2 aromatic rings. The molecule has 0 aliphatic heterocycles. The molecule has 0 aliphatic carbocycles. The summed E-state index contributed by atoms with van der Waals surface area (Å²) >= 11 is 12.3. The van der Waals surface area contributed by atoms with Gasteiger partial charge in [-0.25, -0.2) is 4.79 Å². The van der Waals surface area contributed by atoms with Crippen molar-refractivity contribution in [3.05, 3.63) is 33.9 Å². The van der Waals surface area contributed by atoms with Crippen LogP contribution in [-0.4, -0.2) is 35.2 Å². The molecule has 148 valence electrons. The predicted molar refractivity (Wildman–Crippen MR) is 109 cm³/mol. The number of halogens is 2. The second kappa shape index (κ2) is 8.40. The first-order chi connectivity index (χ1) is 12.5. The topological polar surface area (TPSA) is 83.2 Å². The van der Waals surface area contributed by atoms with Gasteiger partial charge in [0.2, 0.25) is 0 Å². The number of carbonyl (C=O) groups excluding carboxylic acids is 2. The molecule has 0 bridgehead atoms. The molecular formula is C19H25Cl2N3O3. The van der Waals surface area contributed by atoms with Crippen LogP contribution in [0.5, 0.6) is 0 Å². The Morgan fingerprint density at radius 1 is 1.22 bits per heavy atom. The van der Waals surface area contributed by atoms with E-state index in [-0.39, 0.29) is 30.1 Å². The molecule has 6 nitrogen and oxygen atoms in total. The molecule has 3 N–H and O–H groups in total. The highest BCUT2D eigenvalue weighted by Crippen LogP contribution is 2.29. The van der Waals surface area contributed by atoms with Crippen molar-refractivity contribution in [2.24, 2.45) is 5.92 Å². The number of hydrogen-bond donors (Lipinski definition) is 3. The second-order valence-electron chi connectivity index (χ2n) is 7.71. The summed E-state index contributed by atoms with van der Waals surface area (Å²) in [5.74, 6) is -0.265. The van der Waals surface area contributed by atoms with Gasteiger partial charge in [-0.05, 0) is 44.9 Å². The molecule has 8 heteroatoms. The van der Waals surface area contributed by atoms with Crippen LogP contribution in [0.2, 0.25) is 10.0 Å². The fraction of sp³-hybridized carbons (Fsp3) is 0.474. The van der Waals surface area contributed by atoms with Crippen molar-refractivity contribution in [2.75, 3.05) is 6.54 Å². The highest BCUT2D eigenvalue weighted by atomic mass is 35.5. The Balaban J connectivity index is 2.06. The van der Waals surface area contributed by atoms with E-state index in [1.807, 2.05) is 13.8 Å². The van der Waals surface area contributed by atoms with Gasteiger partial charge >= 0.3 is 6.09 Å². The number of ether oxygens (including phenoxy) is 1. The summed E-state index contributed by atoms with van der Waals surface area (Å²) in [6, 6.07) is 4.90. The number of rotatable bonds is 5. The summed E-state index contributed by atoms with van der Waals surface area (Å²) in [4.78, 5) is 27.6. The van der Waals surface area contributed by atoms with E-state index in [1.165, 1.54) is 0 Å². The third-order valence-corrected chi connectivity index (χ3v) is 4.54. The third kappa shape index (κ3) is 5.78. The zero-order chi connectivity index (χ0) is 20.4. The Morgan fingerprint density at radius 2 is 1.89 bits per heavy atom. The molecule has 1 aromatic carbocycles. The van der Waals surface area contributed by atoms with E-state index in [1.54, 1.807) is 39.0 Å². The lowest BCUT2D eigenvalue weighted by atomic mass is 10.0. The van der Waals surface area contributed by atoms with Crippen LogP contribution >= 0.6 is 23.2 Å². The first kappa shape index (κ1) is 21.4. The molecule has 1 atom stereocenters. The number of nitrogens with one attached hydrogen (secondary N) is 3. The zero-order valence-corrected chi connectivity index (χ0v) is 17.6. The molecule has 0 saturated heterocycles. The van der Waals surface area contributed by atoms with E-state index in [4.69, 9.17) is 27.9 Å². The lowest BCUT2D eigenvalue weighted by Gasteiger charge is -2.26. The van der Waals surface area contributed by atoms with Gasteiger partial charge in [0.25, 0.3) is 5.91 Å². The molecule has 0 fully saturated rings. The Kier molecular flexibility index (Phi) is 6.65. The van der Waals surface area contributed by atoms with E-state index in [2.05, 4.69) is 15.6 Å². The number of alkyl carbamates (subject to hydrolysis) is 1. The summed E-state index contributed by atoms with van der Waals surface area (Å²) in [7, 11) is 0. The summed E-state index contributed by atoms with van der Waals surface area (Å²) < 4.78 is 5.28. The summed E-state index contributed by atoms with van der Waals surface area (Å²) in [5.41, 5.74) is 0.393. The van der Waals surface area contributed by atoms with Gasteiger partial charge in [-0.2, -0.15) is 0 Å². The normalized spacial score (nSPS) is 12.9. The highest BCUT2D eigenvalue weighted by molar-refractivity contribution is 6.39. The molecule has 1 heterocycles. The quantitative estimate of drug-likeness (QED) is 0.660. The molecule has 0 unspecified atom stereocenters. The number of H-pyrrole nitrogens is 1. The monoisotopic (exact) mass is 413 g/mol. The van der Waals surface area contributed by atoms with Gasteiger partial charge in [0.05, 0.1) is 11.1 Å². The van der Waals surface area contributed by atoms with Crippen LogP contribution in [0.4, 0.5) is 4.79 Å². The van der Waals surface area contributed by atoms with Crippen molar-refractivity contribution < 1.29 is 14.3 Å². The zero-order valence-electron chi connectivity index (χ0n) is 16.1. The molecule has 0 aliphatic rings. The predicted octanol–water partition coefficient (Wildman–Crippen LogP) is 4.75. The maximum Gasteiger partial charge on any atom is 0.407 e. The van der Waals surface area contributed by atoms with Crippen LogP contribution in [0.3, 0.4) is 0 Å². The van der Waals surface area contributed by atoms with Gasteiger partial charge in [0.1, 0.15) is 11.3 Å². The van der Waals surface area contributed by atoms with Gasteiger partial charge in [0, 0.05) is 22.5 Å². The van der Waals surface area contributed by atoms with Crippen LogP contribution in [-0.2, 0) is 4.74 Å². The molecule has 2 amide bonds. The van der Waals surface area contributed by atoms with Crippen molar-refractivity contribution in [3.63, 3.8) is 0 Å². The largest absolute Gasteiger partial charge is 0.444 e. The van der Waals surface area contributed by atoms with Gasteiger partial charge in [0.15, 0.2) is 0 Å². The van der Waals surface area contributed by atoms with Gasteiger partial charge < -0.3 is 20.4 Å². The van der Waals surface area contributed by atoms with E-state index < -0.39 is 11.7 Å². The Morgan fingerprint density at radius 3 is 2.48 bits per heavy atom. The summed E-state index contributed by atoms with van der Waals surface area (Å²) in [6.45, 7) is 9.52. The number of carbonyl (C=O) groups is 2. The lowest BCUT2D eigenvalue weighted by molar-refractivity contribution is 0.0487. The minimum absolute atomic E-state index is 0.0924. The van der Waals surface area contributed by atoms with Crippen LogP contribution < -0.4 is 10.6 Å². The number of aromatic amines is 1. The van der Waals surface area contributed by atoms with Crippen molar-refractivity contribution in [1.82, 2.24) is 15.6 Å². The number of benzene rings is 1.